The zero-order valence-electron chi connectivity index (χ0n) is 12.4. The monoisotopic (exact) mass is 329 g/mol. The average Bonchev–Trinajstić information content (AvgIpc) is 2.93. The van der Waals surface area contributed by atoms with E-state index < -0.39 is 6.10 Å². The van der Waals surface area contributed by atoms with Gasteiger partial charge in [0.25, 0.3) is 0 Å². The maximum absolute atomic E-state index is 11.4. The van der Waals surface area contributed by atoms with Crippen molar-refractivity contribution in [3.8, 4) is 5.75 Å². The Balaban J connectivity index is 1.77. The number of hydrogen-bond acceptors (Lipinski definition) is 5. The Hall–Kier alpha value is -2.15. The van der Waals surface area contributed by atoms with E-state index in [0.717, 1.165) is 9.75 Å². The van der Waals surface area contributed by atoms with Crippen molar-refractivity contribution in [2.24, 2.45) is 0 Å². The number of benzene rings is 1. The van der Waals surface area contributed by atoms with Gasteiger partial charge in [-0.3, -0.25) is 4.79 Å². The Bertz CT molecular complexity index is 885. The Labute approximate surface area is 137 Å². The van der Waals surface area contributed by atoms with Crippen LogP contribution in [0.4, 0.5) is 0 Å². The molecule has 0 saturated carbocycles. The van der Waals surface area contributed by atoms with Crippen LogP contribution in [0.1, 0.15) is 21.4 Å². The number of aromatic hydroxyl groups is 1. The number of hydrogen-bond donors (Lipinski definition) is 4. The molecule has 5 nitrogen and oxygen atoms in total. The highest BCUT2D eigenvalue weighted by atomic mass is 32.1. The lowest BCUT2D eigenvalue weighted by Crippen LogP contribution is -2.21. The molecule has 3 rings (SSSR count). The minimum absolute atomic E-state index is 0.0110. The average molecular weight is 329 g/mol. The summed E-state index contributed by atoms with van der Waals surface area (Å²) in [7, 11) is 0. The van der Waals surface area contributed by atoms with Crippen LogP contribution >= 0.6 is 11.3 Å². The van der Waals surface area contributed by atoms with Crippen LogP contribution in [0.2, 0.25) is 0 Å². The fraction of sp³-hybridized carbons (Fsp3) is 0.176. The van der Waals surface area contributed by atoms with Gasteiger partial charge in [-0.15, -0.1) is 11.3 Å². The Morgan fingerprint density at radius 2 is 2.04 bits per heavy atom. The standard InChI is InChI=1S/C17H17N2O3S/c1-10-2-3-11(23-10)8-18-9-15(21)12-4-6-14(20)17-13(12)5-7-16(22)19-17/h2-7,15,18,20-21H,1,8-9H2,(H,19,22)/t15-/m0/s1. The number of pyridine rings is 1. The fourth-order valence-corrected chi connectivity index (χ4v) is 3.29. The molecule has 0 saturated heterocycles. The molecule has 0 fully saturated rings. The van der Waals surface area contributed by atoms with E-state index in [1.54, 1.807) is 23.5 Å². The molecule has 0 bridgehead atoms. The van der Waals surface area contributed by atoms with Crippen LogP contribution in [0, 0.1) is 6.92 Å². The number of nitrogens with one attached hydrogen (secondary N) is 2. The van der Waals surface area contributed by atoms with E-state index in [0.29, 0.717) is 29.6 Å². The number of aromatic amines is 1. The first-order valence-electron chi connectivity index (χ1n) is 7.19. The number of aliphatic hydroxyl groups excluding tert-OH is 1. The van der Waals surface area contributed by atoms with Crippen LogP contribution in [0.5, 0.6) is 5.75 Å². The van der Waals surface area contributed by atoms with Crippen molar-refractivity contribution in [2.45, 2.75) is 12.6 Å². The fourth-order valence-electron chi connectivity index (χ4n) is 2.51. The van der Waals surface area contributed by atoms with Gasteiger partial charge < -0.3 is 20.5 Å². The topological polar surface area (TPSA) is 85.3 Å². The van der Waals surface area contributed by atoms with Gasteiger partial charge in [0, 0.05) is 34.3 Å². The van der Waals surface area contributed by atoms with Gasteiger partial charge in [-0.2, -0.15) is 0 Å². The summed E-state index contributed by atoms with van der Waals surface area (Å²) >= 11 is 1.61. The van der Waals surface area contributed by atoms with Gasteiger partial charge in [-0.05, 0) is 36.8 Å². The van der Waals surface area contributed by atoms with Crippen molar-refractivity contribution >= 4 is 22.2 Å². The largest absolute Gasteiger partial charge is 0.506 e. The summed E-state index contributed by atoms with van der Waals surface area (Å²) in [6.45, 7) is 4.89. The molecule has 0 unspecified atom stereocenters. The summed E-state index contributed by atoms with van der Waals surface area (Å²) in [5.74, 6) is -0.0110. The number of thiophene rings is 1. The lowest BCUT2D eigenvalue weighted by molar-refractivity contribution is 0.176. The summed E-state index contributed by atoms with van der Waals surface area (Å²) < 4.78 is 0. The maximum atomic E-state index is 11.4. The summed E-state index contributed by atoms with van der Waals surface area (Å²) in [6.07, 6.45) is -0.747. The molecule has 23 heavy (non-hydrogen) atoms. The van der Waals surface area contributed by atoms with Crippen LogP contribution in [-0.2, 0) is 6.54 Å². The van der Waals surface area contributed by atoms with Crippen LogP contribution in [0.15, 0.2) is 41.2 Å². The molecule has 1 atom stereocenters. The first-order chi connectivity index (χ1) is 11.0. The molecule has 0 spiro atoms. The Morgan fingerprint density at radius 3 is 2.78 bits per heavy atom. The lowest BCUT2D eigenvalue weighted by atomic mass is 10.0. The van der Waals surface area contributed by atoms with Crippen molar-refractivity contribution < 1.29 is 10.2 Å². The molecule has 4 N–H and O–H groups in total. The second-order valence-electron chi connectivity index (χ2n) is 5.30. The molecule has 3 aromatic rings. The number of phenolic OH excluding ortho intramolecular Hbond substituents is 1. The predicted molar refractivity (Wildman–Crippen MR) is 91.7 cm³/mol. The molecule has 1 radical (unpaired) electrons. The first kappa shape index (κ1) is 15.7. The second kappa shape index (κ2) is 6.54. The van der Waals surface area contributed by atoms with Crippen LogP contribution in [0.25, 0.3) is 10.9 Å². The first-order valence-corrected chi connectivity index (χ1v) is 8.00. The number of aromatic nitrogens is 1. The minimum atomic E-state index is -0.747. The van der Waals surface area contributed by atoms with Crippen molar-refractivity contribution in [3.05, 3.63) is 69.0 Å². The highest BCUT2D eigenvalue weighted by Crippen LogP contribution is 2.28. The molecule has 0 aliphatic rings. The third-order valence-electron chi connectivity index (χ3n) is 3.62. The Kier molecular flexibility index (Phi) is 4.47. The molecule has 0 aliphatic carbocycles. The number of fused-ring (bicyclic) bond motifs is 1. The molecule has 119 valence electrons. The molecule has 0 aliphatic heterocycles. The van der Waals surface area contributed by atoms with Crippen LogP contribution in [0.3, 0.4) is 0 Å². The third-order valence-corrected chi connectivity index (χ3v) is 4.56. The highest BCUT2D eigenvalue weighted by molar-refractivity contribution is 7.12. The van der Waals surface area contributed by atoms with Gasteiger partial charge in [0.05, 0.1) is 11.6 Å². The van der Waals surface area contributed by atoms with E-state index in [4.69, 9.17) is 0 Å². The number of aliphatic hydroxyl groups is 1. The third kappa shape index (κ3) is 3.44. The van der Waals surface area contributed by atoms with E-state index in [-0.39, 0.29) is 11.3 Å². The zero-order valence-corrected chi connectivity index (χ0v) is 13.2. The number of phenols is 1. The Morgan fingerprint density at radius 1 is 1.22 bits per heavy atom. The van der Waals surface area contributed by atoms with E-state index in [1.165, 1.54) is 12.1 Å². The SMILES string of the molecule is [CH2]c1ccc(CNC[C@H](O)c2ccc(O)c3[nH]c(=O)ccc23)s1. The van der Waals surface area contributed by atoms with E-state index >= 15 is 0 Å². The number of H-pyrrole nitrogens is 1. The van der Waals surface area contributed by atoms with Gasteiger partial charge in [-0.1, -0.05) is 6.07 Å². The maximum Gasteiger partial charge on any atom is 0.248 e. The quantitative estimate of drug-likeness (QED) is 0.579. The number of rotatable bonds is 5. The van der Waals surface area contributed by atoms with Gasteiger partial charge in [0.1, 0.15) is 5.75 Å². The zero-order chi connectivity index (χ0) is 16.4. The molecule has 2 heterocycles. The van der Waals surface area contributed by atoms with Crippen molar-refractivity contribution in [2.75, 3.05) is 6.54 Å². The highest BCUT2D eigenvalue weighted by Gasteiger charge is 2.13. The van der Waals surface area contributed by atoms with Gasteiger partial charge >= 0.3 is 0 Å². The van der Waals surface area contributed by atoms with Crippen LogP contribution < -0.4 is 10.9 Å². The van der Waals surface area contributed by atoms with E-state index in [1.807, 2.05) is 12.1 Å². The summed E-state index contributed by atoms with van der Waals surface area (Å²) in [4.78, 5) is 16.2. The molecule has 1 aromatic carbocycles. The molecule has 6 heteroatoms. The molecule has 0 amide bonds. The normalized spacial score (nSPS) is 12.6. The second-order valence-corrected chi connectivity index (χ2v) is 6.55. The summed E-state index contributed by atoms with van der Waals surface area (Å²) in [6, 6.07) is 10.1. The lowest BCUT2D eigenvalue weighted by Gasteiger charge is -2.15. The van der Waals surface area contributed by atoms with Crippen molar-refractivity contribution in [3.63, 3.8) is 0 Å². The smallest absolute Gasteiger partial charge is 0.248 e. The summed E-state index contributed by atoms with van der Waals surface area (Å²) in [5, 5.41) is 24.1. The van der Waals surface area contributed by atoms with Gasteiger partial charge in [0.2, 0.25) is 5.56 Å². The van der Waals surface area contributed by atoms with Gasteiger partial charge in [0.15, 0.2) is 0 Å². The minimum Gasteiger partial charge on any atom is -0.506 e. The summed E-state index contributed by atoms with van der Waals surface area (Å²) in [5.41, 5.74) is 0.707. The molecular weight excluding hydrogens is 312 g/mol. The molecular formula is C17H17N2O3S. The van der Waals surface area contributed by atoms with Crippen molar-refractivity contribution in [1.29, 1.82) is 0 Å². The molecule has 2 aromatic heterocycles. The van der Waals surface area contributed by atoms with Crippen LogP contribution in [-0.4, -0.2) is 21.7 Å². The van der Waals surface area contributed by atoms with E-state index in [2.05, 4.69) is 17.2 Å². The van der Waals surface area contributed by atoms with E-state index in [9.17, 15) is 15.0 Å². The predicted octanol–water partition coefficient (Wildman–Crippen LogP) is 2.30. The van der Waals surface area contributed by atoms with Gasteiger partial charge in [-0.25, -0.2) is 0 Å². The van der Waals surface area contributed by atoms with Crippen molar-refractivity contribution in [1.82, 2.24) is 10.3 Å².